The molecule has 3 unspecified atom stereocenters. The van der Waals surface area contributed by atoms with Gasteiger partial charge in [0.2, 0.25) is 0 Å². The molecular formula is C37H62O11S. The van der Waals surface area contributed by atoms with E-state index in [4.69, 9.17) is 25.5 Å². The number of carboxylic acid groups (broad SMARTS) is 5. The summed E-state index contributed by atoms with van der Waals surface area (Å²) in [6.07, 6.45) is 23.0. The Balaban J connectivity index is 0.000000569. The Morgan fingerprint density at radius 3 is 1.02 bits per heavy atom. The first-order valence-corrected chi connectivity index (χ1v) is 18.5. The predicted octanol–water partition coefficient (Wildman–Crippen LogP) is 8.21. The fourth-order valence-electron chi connectivity index (χ4n) is 5.73. The molecule has 0 aromatic rings. The Labute approximate surface area is 297 Å². The summed E-state index contributed by atoms with van der Waals surface area (Å²) in [6.45, 7) is 5.59. The number of hydrogen-bond donors (Lipinski definition) is 6. The third kappa shape index (κ3) is 24.0. The SMILES string of the molecule is CC(C)C(=O)S.CC1CC1C(=O)O.O=C(O)C1CC=CCC1.O=C(O)C1CCCC1.O=C(O)C1CCCCC1.O=C(O)C1CCCCCC1. The second kappa shape index (κ2) is 26.9. The van der Waals surface area contributed by atoms with Crippen LogP contribution in [-0.2, 0) is 28.8 Å². The molecule has 0 aromatic carbocycles. The van der Waals surface area contributed by atoms with Gasteiger partial charge in [-0.3, -0.25) is 28.8 Å². The van der Waals surface area contributed by atoms with Gasteiger partial charge in [-0.15, -0.1) is 12.6 Å². The Hall–Kier alpha value is -2.89. The molecule has 49 heavy (non-hydrogen) atoms. The van der Waals surface area contributed by atoms with Crippen LogP contribution in [0.4, 0.5) is 0 Å². The predicted molar refractivity (Wildman–Crippen MR) is 190 cm³/mol. The standard InChI is InChI=1S/C8H14O2.C7H12O2.C7H10O2.C6H10O2.C5H8O2.C4H8OS/c9-8(10)7-5-3-1-2-4-6-7;2*8-7(9)6-4-2-1-3-5-6;7-6(8)5-3-1-2-4-5;1-3-2-4(3)5(6)7;1-3(2)4(5)6/h7H,1-6H2,(H,9,10);6H,1-5H2,(H,8,9);1-2,6H,3-5H2,(H,8,9);5H,1-4H2,(H,7,8);3-4H,2H2,1H3,(H,6,7);3H,1-2H3,(H,5,6). The van der Waals surface area contributed by atoms with E-state index in [1.165, 1.54) is 19.3 Å². The molecule has 11 nitrogen and oxygen atoms in total. The average molecular weight is 715 g/mol. The molecule has 5 aliphatic rings. The molecule has 4 saturated carbocycles. The van der Waals surface area contributed by atoms with Crippen LogP contribution in [0.3, 0.4) is 0 Å². The summed E-state index contributed by atoms with van der Waals surface area (Å²) in [6, 6.07) is 0. The summed E-state index contributed by atoms with van der Waals surface area (Å²) in [5, 5.41) is 42.3. The monoisotopic (exact) mass is 714 g/mol. The Morgan fingerprint density at radius 1 is 0.531 bits per heavy atom. The molecule has 0 radical (unpaired) electrons. The van der Waals surface area contributed by atoms with E-state index in [0.717, 1.165) is 103 Å². The van der Waals surface area contributed by atoms with Crippen LogP contribution in [0.15, 0.2) is 12.2 Å². The van der Waals surface area contributed by atoms with Crippen LogP contribution in [0.2, 0.25) is 0 Å². The fraction of sp³-hybridized carbons (Fsp3) is 0.784. The topological polar surface area (TPSA) is 204 Å². The molecule has 0 saturated heterocycles. The number of carbonyl (C=O) groups is 6. The van der Waals surface area contributed by atoms with Crippen molar-refractivity contribution in [2.75, 3.05) is 0 Å². The van der Waals surface area contributed by atoms with Gasteiger partial charge < -0.3 is 25.5 Å². The lowest BCUT2D eigenvalue weighted by Crippen LogP contribution is -2.16. The third-order valence-electron chi connectivity index (χ3n) is 9.40. The molecule has 5 aliphatic carbocycles. The summed E-state index contributed by atoms with van der Waals surface area (Å²) in [7, 11) is 0. The zero-order valence-electron chi connectivity index (χ0n) is 29.8. The minimum atomic E-state index is -0.653. The third-order valence-corrected chi connectivity index (χ3v) is 9.92. The largest absolute Gasteiger partial charge is 0.481 e. The number of allylic oxidation sites excluding steroid dienone is 2. The maximum atomic E-state index is 10.5. The number of aliphatic carboxylic acids is 5. The number of rotatable bonds is 6. The van der Waals surface area contributed by atoms with Gasteiger partial charge in [0.05, 0.1) is 29.6 Å². The first-order valence-electron chi connectivity index (χ1n) is 18.1. The van der Waals surface area contributed by atoms with Crippen LogP contribution < -0.4 is 0 Å². The highest BCUT2D eigenvalue weighted by molar-refractivity contribution is 7.96. The normalized spacial score (nSPS) is 23.3. The summed E-state index contributed by atoms with van der Waals surface area (Å²) in [5.41, 5.74) is 0. The van der Waals surface area contributed by atoms with E-state index in [2.05, 4.69) is 12.6 Å². The Kier molecular flexibility index (Phi) is 25.3. The lowest BCUT2D eigenvalue weighted by atomic mass is 9.90. The number of carbonyl (C=O) groups excluding carboxylic acids is 1. The van der Waals surface area contributed by atoms with Crippen molar-refractivity contribution >= 4 is 47.6 Å². The van der Waals surface area contributed by atoms with Crippen LogP contribution in [0, 0.1) is 41.4 Å². The van der Waals surface area contributed by atoms with Crippen molar-refractivity contribution in [1.29, 1.82) is 0 Å². The Morgan fingerprint density at radius 2 is 0.837 bits per heavy atom. The molecule has 12 heteroatoms. The lowest BCUT2D eigenvalue weighted by molar-refractivity contribution is -0.143. The van der Waals surface area contributed by atoms with Crippen molar-refractivity contribution in [2.45, 2.75) is 143 Å². The summed E-state index contributed by atoms with van der Waals surface area (Å²) in [4.78, 5) is 61.4. The zero-order valence-corrected chi connectivity index (χ0v) is 30.7. The smallest absolute Gasteiger partial charge is 0.306 e. The zero-order chi connectivity index (χ0) is 37.4. The molecule has 5 N–H and O–H groups in total. The van der Waals surface area contributed by atoms with Gasteiger partial charge in [-0.05, 0) is 70.1 Å². The van der Waals surface area contributed by atoms with Gasteiger partial charge in [-0.25, -0.2) is 0 Å². The molecule has 0 amide bonds. The van der Waals surface area contributed by atoms with Crippen LogP contribution in [0.25, 0.3) is 0 Å². The summed E-state index contributed by atoms with van der Waals surface area (Å²) in [5.74, 6) is -2.79. The van der Waals surface area contributed by atoms with Crippen molar-refractivity contribution in [3.8, 4) is 0 Å². The van der Waals surface area contributed by atoms with Gasteiger partial charge >= 0.3 is 29.8 Å². The number of carboxylic acids is 5. The molecule has 0 spiro atoms. The van der Waals surface area contributed by atoms with Gasteiger partial charge in [-0.2, -0.15) is 0 Å². The maximum Gasteiger partial charge on any atom is 0.306 e. The van der Waals surface area contributed by atoms with E-state index >= 15 is 0 Å². The van der Waals surface area contributed by atoms with Gasteiger partial charge in [0, 0.05) is 5.92 Å². The van der Waals surface area contributed by atoms with E-state index in [0.29, 0.717) is 5.92 Å². The van der Waals surface area contributed by atoms with Crippen molar-refractivity contribution in [3.63, 3.8) is 0 Å². The molecule has 0 aromatic heterocycles. The molecular weight excluding hydrogens is 652 g/mol. The number of hydrogen-bond acceptors (Lipinski definition) is 6. The van der Waals surface area contributed by atoms with E-state index in [1.54, 1.807) is 0 Å². The summed E-state index contributed by atoms with van der Waals surface area (Å²) < 4.78 is 0. The second-order valence-corrected chi connectivity index (χ2v) is 14.4. The lowest BCUT2D eigenvalue weighted by Gasteiger charge is -2.16. The van der Waals surface area contributed by atoms with Gasteiger partial charge in [0.25, 0.3) is 0 Å². The molecule has 4 fully saturated rings. The van der Waals surface area contributed by atoms with Crippen LogP contribution in [0.5, 0.6) is 0 Å². The maximum absolute atomic E-state index is 10.5. The second-order valence-electron chi connectivity index (χ2n) is 14.0. The number of thiol groups is 1. The minimum Gasteiger partial charge on any atom is -0.481 e. The molecule has 0 bridgehead atoms. The highest BCUT2D eigenvalue weighted by Crippen LogP contribution is 2.37. The van der Waals surface area contributed by atoms with E-state index in [1.807, 2.05) is 32.9 Å². The van der Waals surface area contributed by atoms with Crippen molar-refractivity contribution < 1.29 is 54.3 Å². The molecule has 0 aliphatic heterocycles. The van der Waals surface area contributed by atoms with Crippen molar-refractivity contribution in [2.24, 2.45) is 41.4 Å². The molecule has 282 valence electrons. The van der Waals surface area contributed by atoms with Crippen LogP contribution in [0.1, 0.15) is 143 Å². The van der Waals surface area contributed by atoms with Crippen LogP contribution >= 0.6 is 12.6 Å². The highest BCUT2D eigenvalue weighted by atomic mass is 32.1. The first kappa shape index (κ1) is 46.1. The summed E-state index contributed by atoms with van der Waals surface area (Å²) >= 11 is 3.55. The average Bonchev–Trinajstić information content (AvgIpc) is 3.67. The van der Waals surface area contributed by atoms with Gasteiger partial charge in [-0.1, -0.05) is 90.7 Å². The van der Waals surface area contributed by atoms with E-state index in [-0.39, 0.29) is 40.6 Å². The Bertz CT molecular complexity index is 1020. The van der Waals surface area contributed by atoms with Crippen molar-refractivity contribution in [3.05, 3.63) is 12.2 Å². The van der Waals surface area contributed by atoms with E-state index in [9.17, 15) is 28.8 Å². The minimum absolute atomic E-state index is 0.0139. The first-order chi connectivity index (χ1) is 23.1. The van der Waals surface area contributed by atoms with Crippen LogP contribution in [-0.4, -0.2) is 60.5 Å². The molecule has 5 rings (SSSR count). The van der Waals surface area contributed by atoms with Gasteiger partial charge in [0.1, 0.15) is 0 Å². The molecule has 0 heterocycles. The fourth-order valence-corrected chi connectivity index (χ4v) is 5.73. The quantitative estimate of drug-likeness (QED) is 0.0879. The van der Waals surface area contributed by atoms with Crippen molar-refractivity contribution in [1.82, 2.24) is 0 Å². The van der Waals surface area contributed by atoms with E-state index < -0.39 is 29.8 Å². The highest BCUT2D eigenvalue weighted by Gasteiger charge is 2.38. The molecule has 3 atom stereocenters. The van der Waals surface area contributed by atoms with Gasteiger partial charge in [0.15, 0.2) is 5.12 Å².